The molecule has 0 aliphatic rings. The summed E-state index contributed by atoms with van der Waals surface area (Å²) in [5, 5.41) is 0.396. The summed E-state index contributed by atoms with van der Waals surface area (Å²) in [6.45, 7) is 3.40. The molecule has 0 spiro atoms. The Morgan fingerprint density at radius 1 is 1.50 bits per heavy atom. The van der Waals surface area contributed by atoms with Crippen LogP contribution in [0.1, 0.15) is 24.1 Å². The summed E-state index contributed by atoms with van der Waals surface area (Å²) in [4.78, 5) is 0. The van der Waals surface area contributed by atoms with Gasteiger partial charge in [-0.15, -0.1) is 0 Å². The fourth-order valence-electron chi connectivity index (χ4n) is 1.10. The molecular formula is C9H11ClFN. The third-order valence-electron chi connectivity index (χ3n) is 1.77. The van der Waals surface area contributed by atoms with Crippen LogP contribution in [0.2, 0.25) is 5.02 Å². The molecule has 1 rings (SSSR count). The van der Waals surface area contributed by atoms with E-state index < -0.39 is 0 Å². The lowest BCUT2D eigenvalue weighted by molar-refractivity contribution is 0.585. The molecule has 0 radical (unpaired) electrons. The van der Waals surface area contributed by atoms with Gasteiger partial charge in [0.25, 0.3) is 0 Å². The molecular weight excluding hydrogens is 177 g/mol. The second-order valence-corrected chi connectivity index (χ2v) is 3.29. The van der Waals surface area contributed by atoms with Crippen molar-refractivity contribution < 1.29 is 4.39 Å². The summed E-state index contributed by atoms with van der Waals surface area (Å²) >= 11 is 5.78. The predicted octanol–water partition coefficient (Wildman–Crippen LogP) is 2.81. The number of aryl methyl sites for hydroxylation is 1. The molecule has 0 bridgehead atoms. The third-order valence-corrected chi connectivity index (χ3v) is 2.10. The van der Waals surface area contributed by atoms with Gasteiger partial charge in [0, 0.05) is 16.6 Å². The highest BCUT2D eigenvalue weighted by molar-refractivity contribution is 6.31. The van der Waals surface area contributed by atoms with Gasteiger partial charge in [0.05, 0.1) is 0 Å². The number of halogens is 2. The van der Waals surface area contributed by atoms with Gasteiger partial charge in [-0.1, -0.05) is 17.7 Å². The fraction of sp³-hybridized carbons (Fsp3) is 0.333. The summed E-state index contributed by atoms with van der Waals surface area (Å²) in [7, 11) is 0. The highest BCUT2D eigenvalue weighted by Crippen LogP contribution is 2.26. The maximum Gasteiger partial charge on any atom is 0.132 e. The van der Waals surface area contributed by atoms with Gasteiger partial charge in [-0.05, 0) is 25.5 Å². The molecule has 1 nitrogen and oxygen atoms in total. The molecule has 0 heterocycles. The van der Waals surface area contributed by atoms with Crippen LogP contribution in [0.4, 0.5) is 4.39 Å². The maximum atomic E-state index is 13.3. The van der Waals surface area contributed by atoms with Crippen LogP contribution in [0.15, 0.2) is 12.1 Å². The first-order valence-corrected chi connectivity index (χ1v) is 4.12. The largest absolute Gasteiger partial charge is 0.324 e. The van der Waals surface area contributed by atoms with E-state index in [1.54, 1.807) is 26.0 Å². The van der Waals surface area contributed by atoms with Gasteiger partial charge in [-0.2, -0.15) is 0 Å². The van der Waals surface area contributed by atoms with E-state index in [0.717, 1.165) is 0 Å². The van der Waals surface area contributed by atoms with Crippen LogP contribution in [0.3, 0.4) is 0 Å². The minimum Gasteiger partial charge on any atom is -0.324 e. The second-order valence-electron chi connectivity index (χ2n) is 2.88. The van der Waals surface area contributed by atoms with Gasteiger partial charge in [0.15, 0.2) is 0 Å². The molecule has 0 aliphatic heterocycles. The van der Waals surface area contributed by atoms with Crippen LogP contribution in [0.5, 0.6) is 0 Å². The summed E-state index contributed by atoms with van der Waals surface area (Å²) in [5.74, 6) is -0.294. The van der Waals surface area contributed by atoms with Crippen molar-refractivity contribution in [2.75, 3.05) is 0 Å². The minimum atomic E-state index is -0.364. The zero-order chi connectivity index (χ0) is 9.30. The SMILES string of the molecule is Cc1ccc(Cl)c(C(C)N)c1F. The van der Waals surface area contributed by atoms with Crippen LogP contribution in [0.25, 0.3) is 0 Å². The van der Waals surface area contributed by atoms with Gasteiger partial charge in [0.2, 0.25) is 0 Å². The molecule has 0 aliphatic carbocycles. The molecule has 1 unspecified atom stereocenters. The van der Waals surface area contributed by atoms with Gasteiger partial charge in [-0.3, -0.25) is 0 Å². The van der Waals surface area contributed by atoms with Crippen molar-refractivity contribution in [3.8, 4) is 0 Å². The highest BCUT2D eigenvalue weighted by atomic mass is 35.5. The Morgan fingerprint density at radius 3 is 2.50 bits per heavy atom. The van der Waals surface area contributed by atoms with E-state index in [2.05, 4.69) is 0 Å². The molecule has 12 heavy (non-hydrogen) atoms. The zero-order valence-corrected chi connectivity index (χ0v) is 7.82. The lowest BCUT2D eigenvalue weighted by Crippen LogP contribution is -2.09. The molecule has 0 saturated heterocycles. The second kappa shape index (κ2) is 3.42. The van der Waals surface area contributed by atoms with Crippen LogP contribution in [-0.4, -0.2) is 0 Å². The first-order chi connectivity index (χ1) is 5.54. The summed E-state index contributed by atoms with van der Waals surface area (Å²) < 4.78 is 13.3. The summed E-state index contributed by atoms with van der Waals surface area (Å²) in [6, 6.07) is 2.94. The first kappa shape index (κ1) is 9.49. The average molecular weight is 188 g/mol. The van der Waals surface area contributed by atoms with Crippen molar-refractivity contribution >= 4 is 11.6 Å². The lowest BCUT2D eigenvalue weighted by Gasteiger charge is -2.10. The number of rotatable bonds is 1. The molecule has 1 atom stereocenters. The molecule has 3 heteroatoms. The van der Waals surface area contributed by atoms with Crippen molar-refractivity contribution in [1.29, 1.82) is 0 Å². The van der Waals surface area contributed by atoms with Crippen LogP contribution in [0, 0.1) is 12.7 Å². The van der Waals surface area contributed by atoms with E-state index in [1.165, 1.54) is 0 Å². The smallest absolute Gasteiger partial charge is 0.132 e. The van der Waals surface area contributed by atoms with Gasteiger partial charge in [0.1, 0.15) is 5.82 Å². The van der Waals surface area contributed by atoms with E-state index in [9.17, 15) is 4.39 Å². The minimum absolute atomic E-state index is 0.294. The van der Waals surface area contributed by atoms with E-state index in [0.29, 0.717) is 16.1 Å². The van der Waals surface area contributed by atoms with Crippen molar-refractivity contribution in [2.24, 2.45) is 5.73 Å². The monoisotopic (exact) mass is 187 g/mol. The summed E-state index contributed by atoms with van der Waals surface area (Å²) in [6.07, 6.45) is 0. The quantitative estimate of drug-likeness (QED) is 0.719. The number of hydrogen-bond donors (Lipinski definition) is 1. The third kappa shape index (κ3) is 1.59. The van der Waals surface area contributed by atoms with E-state index in [-0.39, 0.29) is 11.9 Å². The lowest BCUT2D eigenvalue weighted by atomic mass is 10.1. The number of hydrogen-bond acceptors (Lipinski definition) is 1. The Labute approximate surface area is 76.3 Å². The van der Waals surface area contributed by atoms with E-state index in [1.807, 2.05) is 0 Å². The Morgan fingerprint density at radius 2 is 2.08 bits per heavy atom. The van der Waals surface area contributed by atoms with Crippen LogP contribution < -0.4 is 5.73 Å². The molecule has 0 aromatic heterocycles. The zero-order valence-electron chi connectivity index (χ0n) is 7.07. The maximum absolute atomic E-state index is 13.3. The van der Waals surface area contributed by atoms with Crippen LogP contribution in [-0.2, 0) is 0 Å². The molecule has 1 aromatic rings. The van der Waals surface area contributed by atoms with Gasteiger partial charge >= 0.3 is 0 Å². The Kier molecular flexibility index (Phi) is 2.70. The fourth-order valence-corrected chi connectivity index (χ4v) is 1.41. The Bertz CT molecular complexity index is 297. The molecule has 0 amide bonds. The molecule has 66 valence electrons. The molecule has 0 saturated carbocycles. The van der Waals surface area contributed by atoms with E-state index >= 15 is 0 Å². The first-order valence-electron chi connectivity index (χ1n) is 3.74. The summed E-state index contributed by atoms with van der Waals surface area (Å²) in [5.41, 5.74) is 6.54. The number of nitrogens with two attached hydrogens (primary N) is 1. The average Bonchev–Trinajstić information content (AvgIpc) is 1.97. The number of benzene rings is 1. The van der Waals surface area contributed by atoms with E-state index in [4.69, 9.17) is 17.3 Å². The molecule has 2 N–H and O–H groups in total. The van der Waals surface area contributed by atoms with Gasteiger partial charge < -0.3 is 5.73 Å². The Hall–Kier alpha value is -0.600. The standard InChI is InChI=1S/C9H11ClFN/c1-5-3-4-7(10)8(6(2)12)9(5)11/h3-4,6H,12H2,1-2H3. The molecule has 0 fully saturated rings. The van der Waals surface area contributed by atoms with Crippen molar-refractivity contribution in [1.82, 2.24) is 0 Å². The van der Waals surface area contributed by atoms with Crippen molar-refractivity contribution in [2.45, 2.75) is 19.9 Å². The van der Waals surface area contributed by atoms with Crippen molar-refractivity contribution in [3.63, 3.8) is 0 Å². The van der Waals surface area contributed by atoms with Crippen LogP contribution >= 0.6 is 11.6 Å². The molecule has 1 aromatic carbocycles. The predicted molar refractivity (Wildman–Crippen MR) is 48.7 cm³/mol. The van der Waals surface area contributed by atoms with Gasteiger partial charge in [-0.25, -0.2) is 4.39 Å². The topological polar surface area (TPSA) is 26.0 Å². The van der Waals surface area contributed by atoms with Crippen molar-refractivity contribution in [3.05, 3.63) is 34.1 Å². The highest BCUT2D eigenvalue weighted by Gasteiger charge is 2.12. The normalized spacial score (nSPS) is 13.1. The Balaban J connectivity index is 3.33.